The highest BCUT2D eigenvalue weighted by Crippen LogP contribution is 2.88. The summed E-state index contributed by atoms with van der Waals surface area (Å²) in [7, 11) is 1.76. The van der Waals surface area contributed by atoms with Crippen molar-refractivity contribution >= 4 is 5.97 Å². The molecule has 6 nitrogen and oxygen atoms in total. The Bertz CT molecular complexity index is 1930. The number of hydrogen-bond donors (Lipinski definition) is 3. The Morgan fingerprint density at radius 1 is 0.839 bits per heavy atom. The SMILES string of the molecule is CCC[C@@H]1[C@@]23CC[C@]45C#CC[C@H](CCC6CCCC6)CC[C@]67[C@@H](CC[C@H]8[C@@H]6[C@@](C)(CC[C@@]74C)CC[C@@]8(C)C(=O)O)C[C@@]5(C)[C@@H]2[C@@H](O)C[C@]1(O)O[C@@H]3Cc1ccc(CCOC)cc1. The summed E-state index contributed by atoms with van der Waals surface area (Å²) in [5, 5.41) is 37.0. The fourth-order valence-electron chi connectivity index (χ4n) is 19.9. The lowest BCUT2D eigenvalue weighted by atomic mass is 9.21. The van der Waals surface area contributed by atoms with Gasteiger partial charge in [0.25, 0.3) is 0 Å². The fourth-order valence-corrected chi connectivity index (χ4v) is 19.9. The van der Waals surface area contributed by atoms with Gasteiger partial charge in [-0.2, -0.15) is 0 Å². The molecule has 0 aromatic heterocycles. The number of fused-ring (bicyclic) bond motifs is 2. The maximum Gasteiger partial charge on any atom is 0.309 e. The zero-order valence-corrected chi connectivity index (χ0v) is 39.5. The second kappa shape index (κ2) is 15.3. The first-order valence-corrected chi connectivity index (χ1v) is 26.0. The largest absolute Gasteiger partial charge is 0.481 e. The average Bonchev–Trinajstić information content (AvgIpc) is 3.82. The minimum absolute atomic E-state index is 0.00595. The van der Waals surface area contributed by atoms with Gasteiger partial charge in [0, 0.05) is 42.6 Å². The molecule has 7 saturated carbocycles. The quantitative estimate of drug-likeness (QED) is 0.192. The number of aliphatic carboxylic acids is 1. The van der Waals surface area contributed by atoms with E-state index in [-0.39, 0.29) is 62.8 Å². The summed E-state index contributed by atoms with van der Waals surface area (Å²) in [6.45, 7) is 13.0. The third-order valence-electron chi connectivity index (χ3n) is 22.6. The molecule has 1 aromatic rings. The van der Waals surface area contributed by atoms with Crippen LogP contribution >= 0.6 is 0 Å². The molecule has 0 unspecified atom stereocenters. The molecule has 62 heavy (non-hydrogen) atoms. The predicted molar refractivity (Wildman–Crippen MR) is 244 cm³/mol. The van der Waals surface area contributed by atoms with Gasteiger partial charge in [-0.3, -0.25) is 4.79 Å². The first-order valence-electron chi connectivity index (χ1n) is 26.0. The van der Waals surface area contributed by atoms with E-state index in [4.69, 9.17) is 9.47 Å². The number of aliphatic hydroxyl groups is 2. The summed E-state index contributed by atoms with van der Waals surface area (Å²) < 4.78 is 12.5. The van der Waals surface area contributed by atoms with Crippen molar-refractivity contribution in [1.82, 2.24) is 0 Å². The standard InChI is InChI=1S/C56H82O6/c1-7-11-44-54-32-31-53-25-10-14-38(16-15-37-12-8-9-13-37)23-26-55-41(21-22-42-46(55)49(2,28-30-52(53,55)5)27-29-50(42,3)48(58)59)35-51(53,4)47(54)43(57)36-56(44,60)62-45(54)34-40-19-17-39(18-20-40)24-33-61-6/h17-20,37-38,41-47,57,60H,7-9,11-16,21-24,26-36H2,1-6H3,(H,58,59)/t38-,41+,42+,43+,44-,45-,46-,47+,49-,50-,51+,52-,53+,54-,55+,56+/m1/s1. The number of benzene rings is 1. The van der Waals surface area contributed by atoms with E-state index < -0.39 is 23.3 Å². The van der Waals surface area contributed by atoms with Gasteiger partial charge in [-0.25, -0.2) is 0 Å². The molecule has 4 bridgehead atoms. The van der Waals surface area contributed by atoms with E-state index in [0.29, 0.717) is 24.4 Å². The highest BCUT2D eigenvalue weighted by molar-refractivity contribution is 5.75. The van der Waals surface area contributed by atoms with E-state index in [2.05, 4.69) is 70.7 Å². The molecule has 1 saturated heterocycles. The van der Waals surface area contributed by atoms with E-state index in [0.717, 1.165) is 95.8 Å². The number of rotatable bonds is 11. The van der Waals surface area contributed by atoms with Gasteiger partial charge in [0.1, 0.15) is 0 Å². The Morgan fingerprint density at radius 2 is 1.56 bits per heavy atom. The van der Waals surface area contributed by atoms with E-state index in [9.17, 15) is 20.1 Å². The Labute approximate surface area is 374 Å². The van der Waals surface area contributed by atoms with Gasteiger partial charge in [0.2, 0.25) is 0 Å². The zero-order chi connectivity index (χ0) is 43.6. The molecule has 1 aliphatic heterocycles. The van der Waals surface area contributed by atoms with E-state index in [1.54, 1.807) is 7.11 Å². The fraction of sp³-hybridized carbons (Fsp3) is 0.839. The van der Waals surface area contributed by atoms with Gasteiger partial charge in [-0.15, -0.1) is 5.92 Å². The molecule has 10 rings (SSSR count). The minimum atomic E-state index is -1.34. The Kier molecular flexibility index (Phi) is 10.9. The lowest BCUT2D eigenvalue weighted by Gasteiger charge is -2.82. The van der Waals surface area contributed by atoms with Crippen LogP contribution in [0.5, 0.6) is 0 Å². The van der Waals surface area contributed by atoms with Gasteiger partial charge in [0.05, 0.1) is 24.2 Å². The van der Waals surface area contributed by atoms with Crippen LogP contribution in [-0.2, 0) is 27.1 Å². The van der Waals surface area contributed by atoms with Crippen LogP contribution in [0.15, 0.2) is 24.3 Å². The minimum Gasteiger partial charge on any atom is -0.481 e. The van der Waals surface area contributed by atoms with Crippen molar-refractivity contribution in [3.05, 3.63) is 35.4 Å². The van der Waals surface area contributed by atoms with Crippen molar-refractivity contribution < 1.29 is 29.6 Å². The predicted octanol–water partition coefficient (Wildman–Crippen LogP) is 11.6. The van der Waals surface area contributed by atoms with E-state index in [1.807, 2.05) is 0 Å². The third-order valence-corrected chi connectivity index (χ3v) is 22.6. The average molecular weight is 851 g/mol. The Hall–Kier alpha value is -1.91. The lowest BCUT2D eigenvalue weighted by Crippen LogP contribution is -2.79. The van der Waals surface area contributed by atoms with Crippen molar-refractivity contribution in [2.24, 2.45) is 79.3 Å². The topological polar surface area (TPSA) is 96.2 Å². The molecule has 16 atom stereocenters. The third kappa shape index (κ3) is 5.84. The first-order chi connectivity index (χ1) is 29.6. The van der Waals surface area contributed by atoms with Gasteiger partial charge in [0.15, 0.2) is 5.79 Å². The van der Waals surface area contributed by atoms with Gasteiger partial charge in [-0.1, -0.05) is 96.4 Å². The van der Waals surface area contributed by atoms with Crippen LogP contribution < -0.4 is 0 Å². The van der Waals surface area contributed by atoms with Gasteiger partial charge < -0.3 is 24.8 Å². The molecule has 3 N–H and O–H groups in total. The molecular formula is C56H82O6. The number of ether oxygens (including phenoxy) is 2. The van der Waals surface area contributed by atoms with Crippen molar-refractivity contribution in [2.75, 3.05) is 13.7 Å². The lowest BCUT2D eigenvalue weighted by molar-refractivity contribution is -0.348. The number of carboxylic acids is 1. The summed E-state index contributed by atoms with van der Waals surface area (Å²) in [5.74, 6) is 8.92. The molecule has 9 aliphatic rings. The summed E-state index contributed by atoms with van der Waals surface area (Å²) >= 11 is 0. The molecule has 3 spiro atoms. The number of carboxylic acid groups (broad SMARTS) is 1. The summed E-state index contributed by atoms with van der Waals surface area (Å²) in [5.41, 5.74) is 0.758. The second-order valence-electron chi connectivity index (χ2n) is 24.7. The van der Waals surface area contributed by atoms with Crippen LogP contribution in [0.25, 0.3) is 0 Å². The van der Waals surface area contributed by atoms with Gasteiger partial charge >= 0.3 is 5.97 Å². The first kappa shape index (κ1) is 44.0. The zero-order valence-electron chi connectivity index (χ0n) is 39.5. The van der Waals surface area contributed by atoms with Crippen LogP contribution in [0.4, 0.5) is 0 Å². The van der Waals surface area contributed by atoms with Crippen LogP contribution in [0.3, 0.4) is 0 Å². The monoisotopic (exact) mass is 851 g/mol. The Morgan fingerprint density at radius 3 is 2.29 bits per heavy atom. The van der Waals surface area contributed by atoms with Crippen LogP contribution in [-0.4, -0.2) is 53.0 Å². The summed E-state index contributed by atoms with van der Waals surface area (Å²) in [6, 6.07) is 8.99. The summed E-state index contributed by atoms with van der Waals surface area (Å²) in [6.07, 6.45) is 23.5. The maximum absolute atomic E-state index is 13.6. The number of carbonyl (C=O) groups is 1. The molecule has 0 amide bonds. The molecule has 0 radical (unpaired) electrons. The van der Waals surface area contributed by atoms with Crippen LogP contribution in [0.1, 0.15) is 181 Å². The molecule has 6 heteroatoms. The molecule has 1 heterocycles. The van der Waals surface area contributed by atoms with Crippen molar-refractivity contribution in [3.8, 4) is 11.8 Å². The molecule has 342 valence electrons. The van der Waals surface area contributed by atoms with Gasteiger partial charge in [-0.05, 0) is 166 Å². The summed E-state index contributed by atoms with van der Waals surface area (Å²) in [4.78, 5) is 13.6. The van der Waals surface area contributed by atoms with Crippen molar-refractivity contribution in [3.63, 3.8) is 0 Å². The highest BCUT2D eigenvalue weighted by atomic mass is 16.6. The van der Waals surface area contributed by atoms with E-state index >= 15 is 0 Å². The molecule has 1 aromatic carbocycles. The normalized spacial score (nSPS) is 50.2. The number of hydrogen-bond acceptors (Lipinski definition) is 5. The molecule has 8 fully saturated rings. The van der Waals surface area contributed by atoms with Crippen LogP contribution in [0.2, 0.25) is 0 Å². The van der Waals surface area contributed by atoms with Crippen molar-refractivity contribution in [1.29, 1.82) is 0 Å². The molecular weight excluding hydrogens is 769 g/mol. The second-order valence-corrected chi connectivity index (χ2v) is 24.7. The maximum atomic E-state index is 13.6. The number of methoxy groups -OCH3 is 1. The smallest absolute Gasteiger partial charge is 0.309 e. The van der Waals surface area contributed by atoms with Crippen LogP contribution in [0, 0.1) is 91.2 Å². The number of aliphatic hydroxyl groups excluding tert-OH is 1. The van der Waals surface area contributed by atoms with E-state index in [1.165, 1.54) is 62.5 Å². The molecule has 8 aliphatic carbocycles. The highest BCUT2D eigenvalue weighted by Gasteiger charge is 2.85. The Balaban J connectivity index is 1.13. The van der Waals surface area contributed by atoms with Crippen molar-refractivity contribution in [2.45, 2.75) is 200 Å².